The van der Waals surface area contributed by atoms with Gasteiger partial charge in [0.2, 0.25) is 0 Å². The van der Waals surface area contributed by atoms with Crippen molar-refractivity contribution in [3.8, 4) is 0 Å². The van der Waals surface area contributed by atoms with Crippen LogP contribution in [0.3, 0.4) is 0 Å². The minimum atomic E-state index is -0.426. The fourth-order valence-corrected chi connectivity index (χ4v) is 4.24. The predicted octanol–water partition coefficient (Wildman–Crippen LogP) is 6.31. The van der Waals surface area contributed by atoms with Crippen LogP contribution < -0.4 is 0 Å². The van der Waals surface area contributed by atoms with Crippen LogP contribution in [0.2, 0.25) is 20.1 Å². The van der Waals surface area contributed by atoms with Gasteiger partial charge in [-0.2, -0.15) is 0 Å². The summed E-state index contributed by atoms with van der Waals surface area (Å²) < 4.78 is 0. The molecule has 0 N–H and O–H groups in total. The molecule has 0 saturated heterocycles. The number of ketones is 2. The van der Waals surface area contributed by atoms with E-state index in [9.17, 15) is 9.59 Å². The van der Waals surface area contributed by atoms with Crippen LogP contribution in [-0.4, -0.2) is 11.6 Å². The number of halogens is 4. The Morgan fingerprint density at radius 3 is 0.792 bits per heavy atom. The van der Waals surface area contributed by atoms with Gasteiger partial charge in [-0.3, -0.25) is 9.59 Å². The van der Waals surface area contributed by atoms with E-state index in [1.807, 2.05) is 0 Å². The van der Waals surface area contributed by atoms with Gasteiger partial charge in [-0.15, -0.1) is 0 Å². The van der Waals surface area contributed by atoms with E-state index in [1.165, 1.54) is 0 Å². The first-order valence-electron chi connectivity index (χ1n) is 7.16. The van der Waals surface area contributed by atoms with E-state index in [4.69, 9.17) is 46.4 Å². The number of benzene rings is 2. The lowest BCUT2D eigenvalue weighted by Gasteiger charge is -2.25. The fraction of sp³-hybridized carbons (Fsp3) is 0.222. The normalized spacial score (nSPS) is 13.2. The molecular formula is C18H12Cl4O2. The van der Waals surface area contributed by atoms with Crippen molar-refractivity contribution in [3.05, 3.63) is 64.6 Å². The van der Waals surface area contributed by atoms with Crippen molar-refractivity contribution in [2.24, 2.45) is 0 Å². The Bertz CT molecular complexity index is 821. The third-order valence-corrected chi connectivity index (χ3v) is 6.62. The molecule has 2 nitrogen and oxygen atoms in total. The molecule has 124 valence electrons. The van der Waals surface area contributed by atoms with Crippen LogP contribution in [0.1, 0.15) is 54.1 Å². The standard InChI is InChI=1S/C18H12Cl4O2/c1-5-6(2)14(20)10-9(13(5)19)17(23)11-12(18(10)24)16(22)8(4)7(3)15(11)21/h1-4H3. The molecule has 6 heteroatoms. The van der Waals surface area contributed by atoms with Gasteiger partial charge in [0.25, 0.3) is 0 Å². The molecule has 0 aliphatic heterocycles. The molecule has 0 saturated carbocycles. The number of hydrogen-bond acceptors (Lipinski definition) is 2. The van der Waals surface area contributed by atoms with Crippen LogP contribution in [0.15, 0.2) is 0 Å². The molecule has 0 amide bonds. The first-order valence-corrected chi connectivity index (χ1v) is 8.68. The number of hydrogen-bond donors (Lipinski definition) is 0. The first kappa shape index (κ1) is 17.8. The van der Waals surface area contributed by atoms with E-state index in [2.05, 4.69) is 0 Å². The lowest BCUT2D eigenvalue weighted by atomic mass is 9.80. The second-order valence-corrected chi connectivity index (χ2v) is 7.43. The zero-order valence-corrected chi connectivity index (χ0v) is 16.4. The summed E-state index contributed by atoms with van der Waals surface area (Å²) in [6.45, 7) is 7.02. The maximum absolute atomic E-state index is 13.1. The molecule has 3 rings (SSSR count). The number of fused-ring (bicyclic) bond motifs is 2. The highest BCUT2D eigenvalue weighted by atomic mass is 35.5. The number of carbonyl (C=O) groups excluding carboxylic acids is 2. The van der Waals surface area contributed by atoms with Crippen molar-refractivity contribution in [3.63, 3.8) is 0 Å². The monoisotopic (exact) mass is 400 g/mol. The minimum absolute atomic E-state index is 0.100. The summed E-state index contributed by atoms with van der Waals surface area (Å²) in [6.07, 6.45) is 0. The molecule has 2 aromatic rings. The van der Waals surface area contributed by atoms with Crippen molar-refractivity contribution < 1.29 is 9.59 Å². The van der Waals surface area contributed by atoms with E-state index in [0.29, 0.717) is 22.3 Å². The summed E-state index contributed by atoms with van der Waals surface area (Å²) >= 11 is 25.5. The van der Waals surface area contributed by atoms with Gasteiger partial charge in [0, 0.05) is 0 Å². The van der Waals surface area contributed by atoms with Gasteiger partial charge in [0.05, 0.1) is 42.3 Å². The second-order valence-electron chi connectivity index (χ2n) is 5.91. The smallest absolute Gasteiger partial charge is 0.197 e. The third-order valence-electron chi connectivity index (χ3n) is 4.73. The molecular weight excluding hydrogens is 390 g/mol. The molecule has 0 heterocycles. The summed E-state index contributed by atoms with van der Waals surface area (Å²) in [5, 5.41) is 0.894. The first-order chi connectivity index (χ1) is 11.1. The Hall–Kier alpha value is -1.06. The predicted molar refractivity (Wildman–Crippen MR) is 98.7 cm³/mol. The van der Waals surface area contributed by atoms with Gasteiger partial charge in [0.1, 0.15) is 0 Å². The Balaban J connectivity index is 2.53. The lowest BCUT2D eigenvalue weighted by Crippen LogP contribution is -2.24. The van der Waals surface area contributed by atoms with Crippen LogP contribution in [-0.2, 0) is 0 Å². The van der Waals surface area contributed by atoms with Gasteiger partial charge in [-0.25, -0.2) is 0 Å². The highest BCUT2D eigenvalue weighted by Gasteiger charge is 2.39. The second kappa shape index (κ2) is 5.74. The van der Waals surface area contributed by atoms with Crippen LogP contribution in [0.4, 0.5) is 0 Å². The maximum Gasteiger partial charge on any atom is 0.197 e. The average Bonchev–Trinajstić information content (AvgIpc) is 2.55. The molecule has 0 radical (unpaired) electrons. The molecule has 0 spiro atoms. The molecule has 0 fully saturated rings. The van der Waals surface area contributed by atoms with E-state index in [0.717, 1.165) is 0 Å². The Morgan fingerprint density at radius 2 is 0.625 bits per heavy atom. The van der Waals surface area contributed by atoms with Crippen LogP contribution in [0.25, 0.3) is 0 Å². The van der Waals surface area contributed by atoms with Gasteiger partial charge in [0.15, 0.2) is 11.6 Å². The highest BCUT2D eigenvalue weighted by molar-refractivity contribution is 6.49. The van der Waals surface area contributed by atoms with E-state index in [1.54, 1.807) is 27.7 Å². The van der Waals surface area contributed by atoms with E-state index >= 15 is 0 Å². The van der Waals surface area contributed by atoms with Gasteiger partial charge < -0.3 is 0 Å². The molecule has 0 bridgehead atoms. The largest absolute Gasteiger partial charge is 0.288 e. The van der Waals surface area contributed by atoms with Crippen molar-refractivity contribution in [2.45, 2.75) is 27.7 Å². The van der Waals surface area contributed by atoms with Gasteiger partial charge >= 0.3 is 0 Å². The maximum atomic E-state index is 13.1. The topological polar surface area (TPSA) is 34.1 Å². The highest BCUT2D eigenvalue weighted by Crippen LogP contribution is 2.45. The summed E-state index contributed by atoms with van der Waals surface area (Å²) in [5.74, 6) is -0.853. The molecule has 0 aromatic heterocycles. The average molecular weight is 402 g/mol. The van der Waals surface area contributed by atoms with Gasteiger partial charge in [-0.1, -0.05) is 46.4 Å². The van der Waals surface area contributed by atoms with Crippen molar-refractivity contribution in [1.82, 2.24) is 0 Å². The van der Waals surface area contributed by atoms with Crippen molar-refractivity contribution in [1.29, 1.82) is 0 Å². The molecule has 1 aliphatic carbocycles. The molecule has 2 aromatic carbocycles. The van der Waals surface area contributed by atoms with Crippen LogP contribution in [0.5, 0.6) is 0 Å². The zero-order valence-electron chi connectivity index (χ0n) is 13.3. The quantitative estimate of drug-likeness (QED) is 0.442. The van der Waals surface area contributed by atoms with Crippen LogP contribution in [0, 0.1) is 27.7 Å². The van der Waals surface area contributed by atoms with Gasteiger partial charge in [-0.05, 0) is 49.9 Å². The number of carbonyl (C=O) groups is 2. The summed E-state index contributed by atoms with van der Waals surface area (Å²) in [4.78, 5) is 26.2. The SMILES string of the molecule is Cc1c(C)c(Cl)c2c(c1Cl)C(=O)c1c(Cl)c(C)c(C)c(Cl)c1C2=O. The van der Waals surface area contributed by atoms with Crippen LogP contribution >= 0.6 is 46.4 Å². The summed E-state index contributed by atoms with van der Waals surface area (Å²) in [7, 11) is 0. The van der Waals surface area contributed by atoms with E-state index in [-0.39, 0.29) is 42.3 Å². The molecule has 1 aliphatic rings. The van der Waals surface area contributed by atoms with Crippen molar-refractivity contribution >= 4 is 58.0 Å². The third kappa shape index (κ3) is 2.10. The molecule has 0 atom stereocenters. The Kier molecular flexibility index (Phi) is 4.25. The Morgan fingerprint density at radius 1 is 0.458 bits per heavy atom. The zero-order chi connectivity index (χ0) is 18.1. The summed E-state index contributed by atoms with van der Waals surface area (Å²) in [6, 6.07) is 0. The lowest BCUT2D eigenvalue weighted by molar-refractivity contribution is 0.0979. The van der Waals surface area contributed by atoms with Crippen molar-refractivity contribution in [2.75, 3.05) is 0 Å². The molecule has 24 heavy (non-hydrogen) atoms. The Labute approximate surface area is 159 Å². The van der Waals surface area contributed by atoms with E-state index < -0.39 is 11.6 Å². The number of rotatable bonds is 0. The molecule has 0 unspecified atom stereocenters. The fourth-order valence-electron chi connectivity index (χ4n) is 2.95. The summed E-state index contributed by atoms with van der Waals surface area (Å²) in [5.41, 5.74) is 3.05. The minimum Gasteiger partial charge on any atom is -0.288 e.